The smallest absolute Gasteiger partial charge is 0.130 e. The molecule has 4 nitrogen and oxygen atoms in total. The van der Waals surface area contributed by atoms with Gasteiger partial charge >= 0.3 is 0 Å². The summed E-state index contributed by atoms with van der Waals surface area (Å²) >= 11 is 13.5. The third-order valence-corrected chi connectivity index (χ3v) is 4.25. The maximum absolute atomic E-state index is 6.26. The number of anilines is 1. The lowest BCUT2D eigenvalue weighted by Gasteiger charge is -2.25. The molecule has 1 aromatic heterocycles. The predicted octanol–water partition coefficient (Wildman–Crippen LogP) is 3.16. The number of rotatable bonds is 2. The summed E-state index contributed by atoms with van der Waals surface area (Å²) in [7, 11) is 0. The molecule has 0 radical (unpaired) electrons. The number of benzene rings is 1. The Hall–Kier alpha value is -0.620. The average Bonchev–Trinajstić information content (AvgIpc) is 2.85. The van der Waals surface area contributed by atoms with E-state index >= 15 is 0 Å². The maximum atomic E-state index is 6.26. The standard InChI is InChI=1S/C11H12Cl2N4S/c12-7-5-8(13)10-11(17-18-16-10)9(7)15-6-1-3-14-4-2-6/h5-6,14-15H,1-4H2. The second-order valence-electron chi connectivity index (χ2n) is 4.35. The van der Waals surface area contributed by atoms with Gasteiger partial charge in [-0.3, -0.25) is 0 Å². The molecular weight excluding hydrogens is 291 g/mol. The van der Waals surface area contributed by atoms with Gasteiger partial charge in [0.2, 0.25) is 0 Å². The lowest BCUT2D eigenvalue weighted by atomic mass is 10.1. The molecule has 0 saturated carbocycles. The number of nitrogens with zero attached hydrogens (tertiary/aromatic N) is 2. The Morgan fingerprint density at radius 2 is 1.89 bits per heavy atom. The Kier molecular flexibility index (Phi) is 3.56. The minimum atomic E-state index is 0.426. The first kappa shape index (κ1) is 12.4. The fraction of sp³-hybridized carbons (Fsp3) is 0.455. The molecule has 3 rings (SSSR count). The van der Waals surface area contributed by atoms with E-state index in [9.17, 15) is 0 Å². The molecule has 2 heterocycles. The maximum Gasteiger partial charge on any atom is 0.130 e. The zero-order valence-electron chi connectivity index (χ0n) is 9.54. The largest absolute Gasteiger partial charge is 0.379 e. The summed E-state index contributed by atoms with van der Waals surface area (Å²) < 4.78 is 8.49. The van der Waals surface area contributed by atoms with E-state index in [1.54, 1.807) is 6.07 Å². The number of nitrogens with one attached hydrogen (secondary N) is 2. The molecule has 1 aromatic carbocycles. The number of aromatic nitrogens is 2. The van der Waals surface area contributed by atoms with Crippen molar-refractivity contribution >= 4 is 51.7 Å². The number of fused-ring (bicyclic) bond motifs is 1. The first-order chi connectivity index (χ1) is 8.75. The fourth-order valence-electron chi connectivity index (χ4n) is 2.18. The highest BCUT2D eigenvalue weighted by Gasteiger charge is 2.18. The van der Waals surface area contributed by atoms with E-state index in [0.717, 1.165) is 54.4 Å². The summed E-state index contributed by atoms with van der Waals surface area (Å²) in [5, 5.41) is 7.98. The minimum Gasteiger partial charge on any atom is -0.379 e. The van der Waals surface area contributed by atoms with Crippen molar-refractivity contribution in [3.63, 3.8) is 0 Å². The van der Waals surface area contributed by atoms with Crippen molar-refractivity contribution in [2.75, 3.05) is 18.4 Å². The van der Waals surface area contributed by atoms with Gasteiger partial charge in [-0.15, -0.1) is 0 Å². The zero-order valence-corrected chi connectivity index (χ0v) is 11.9. The molecule has 7 heteroatoms. The second kappa shape index (κ2) is 5.17. The van der Waals surface area contributed by atoms with Crippen molar-refractivity contribution < 1.29 is 0 Å². The van der Waals surface area contributed by atoms with Crippen molar-refractivity contribution in [1.29, 1.82) is 0 Å². The highest BCUT2D eigenvalue weighted by Crippen LogP contribution is 2.36. The van der Waals surface area contributed by atoms with Gasteiger partial charge in [0.1, 0.15) is 11.0 Å². The van der Waals surface area contributed by atoms with Crippen LogP contribution in [0.5, 0.6) is 0 Å². The monoisotopic (exact) mass is 302 g/mol. The second-order valence-corrected chi connectivity index (χ2v) is 5.69. The van der Waals surface area contributed by atoms with E-state index in [1.807, 2.05) is 0 Å². The highest BCUT2D eigenvalue weighted by molar-refractivity contribution is 7.00. The van der Waals surface area contributed by atoms with E-state index in [-0.39, 0.29) is 0 Å². The number of hydrogen-bond donors (Lipinski definition) is 2. The van der Waals surface area contributed by atoms with Crippen molar-refractivity contribution in [2.24, 2.45) is 0 Å². The molecule has 1 fully saturated rings. The molecule has 0 aliphatic carbocycles. The third-order valence-electron chi connectivity index (χ3n) is 3.13. The van der Waals surface area contributed by atoms with Gasteiger partial charge in [0.15, 0.2) is 0 Å². The molecule has 1 aliphatic rings. The Morgan fingerprint density at radius 1 is 1.17 bits per heavy atom. The van der Waals surface area contributed by atoms with Gasteiger partial charge in [0, 0.05) is 6.04 Å². The summed E-state index contributed by atoms with van der Waals surface area (Å²) in [5.74, 6) is 0. The van der Waals surface area contributed by atoms with Crippen LogP contribution in [0.1, 0.15) is 12.8 Å². The van der Waals surface area contributed by atoms with Crippen LogP contribution in [0.25, 0.3) is 11.0 Å². The molecule has 2 aromatic rings. The van der Waals surface area contributed by atoms with Gasteiger partial charge in [-0.2, -0.15) is 8.75 Å². The number of piperidine rings is 1. The van der Waals surface area contributed by atoms with Crippen molar-refractivity contribution in [3.05, 3.63) is 16.1 Å². The van der Waals surface area contributed by atoms with Crippen LogP contribution in [-0.2, 0) is 0 Å². The van der Waals surface area contributed by atoms with Crippen molar-refractivity contribution in [3.8, 4) is 0 Å². The van der Waals surface area contributed by atoms with E-state index in [4.69, 9.17) is 23.2 Å². The van der Waals surface area contributed by atoms with Gasteiger partial charge in [-0.1, -0.05) is 23.2 Å². The predicted molar refractivity (Wildman–Crippen MR) is 76.9 cm³/mol. The Morgan fingerprint density at radius 3 is 2.67 bits per heavy atom. The minimum absolute atomic E-state index is 0.426. The van der Waals surface area contributed by atoms with Crippen LogP contribution in [0.2, 0.25) is 10.0 Å². The molecule has 96 valence electrons. The van der Waals surface area contributed by atoms with Gasteiger partial charge in [0.05, 0.1) is 27.5 Å². The van der Waals surface area contributed by atoms with E-state index in [1.165, 1.54) is 0 Å². The summed E-state index contributed by atoms with van der Waals surface area (Å²) in [5.41, 5.74) is 2.36. The molecule has 0 bridgehead atoms. The van der Waals surface area contributed by atoms with Crippen LogP contribution in [-0.4, -0.2) is 27.9 Å². The Labute approximate surface area is 119 Å². The first-order valence-corrected chi connectivity index (χ1v) is 7.32. The SMILES string of the molecule is Clc1cc(Cl)c2nsnc2c1NC1CCNCC1. The zero-order chi connectivity index (χ0) is 12.5. The average molecular weight is 303 g/mol. The molecule has 0 spiro atoms. The lowest BCUT2D eigenvalue weighted by molar-refractivity contribution is 0.479. The molecule has 0 unspecified atom stereocenters. The Bertz CT molecular complexity index is 565. The first-order valence-electron chi connectivity index (χ1n) is 5.83. The molecule has 2 N–H and O–H groups in total. The topological polar surface area (TPSA) is 49.8 Å². The van der Waals surface area contributed by atoms with Crippen molar-refractivity contribution in [2.45, 2.75) is 18.9 Å². The van der Waals surface area contributed by atoms with Crippen LogP contribution in [0.15, 0.2) is 6.07 Å². The van der Waals surface area contributed by atoms with Gasteiger partial charge < -0.3 is 10.6 Å². The van der Waals surface area contributed by atoms with Crippen LogP contribution in [0, 0.1) is 0 Å². The summed E-state index contributed by atoms with van der Waals surface area (Å²) in [6.07, 6.45) is 2.16. The molecule has 18 heavy (non-hydrogen) atoms. The van der Waals surface area contributed by atoms with E-state index < -0.39 is 0 Å². The fourth-order valence-corrected chi connectivity index (χ4v) is 3.35. The van der Waals surface area contributed by atoms with Crippen LogP contribution >= 0.6 is 34.9 Å². The molecular formula is C11H12Cl2N4S. The summed E-state index contributed by atoms with van der Waals surface area (Å²) in [6, 6.07) is 2.16. The third kappa shape index (κ3) is 2.28. The summed E-state index contributed by atoms with van der Waals surface area (Å²) in [4.78, 5) is 0. The Balaban J connectivity index is 1.97. The van der Waals surface area contributed by atoms with Crippen LogP contribution < -0.4 is 10.6 Å². The van der Waals surface area contributed by atoms with Crippen molar-refractivity contribution in [1.82, 2.24) is 14.1 Å². The number of halogens is 2. The molecule has 0 atom stereocenters. The summed E-state index contributed by atoms with van der Waals surface area (Å²) in [6.45, 7) is 2.06. The van der Waals surface area contributed by atoms with Gasteiger partial charge in [-0.25, -0.2) is 0 Å². The molecule has 1 saturated heterocycles. The van der Waals surface area contributed by atoms with Crippen LogP contribution in [0.4, 0.5) is 5.69 Å². The highest BCUT2D eigenvalue weighted by atomic mass is 35.5. The van der Waals surface area contributed by atoms with E-state index in [2.05, 4.69) is 19.4 Å². The van der Waals surface area contributed by atoms with E-state index in [0.29, 0.717) is 16.1 Å². The van der Waals surface area contributed by atoms with Gasteiger partial charge in [0.25, 0.3) is 0 Å². The molecule has 0 amide bonds. The van der Waals surface area contributed by atoms with Crippen LogP contribution in [0.3, 0.4) is 0 Å². The normalized spacial score (nSPS) is 17.2. The number of hydrogen-bond acceptors (Lipinski definition) is 5. The lowest BCUT2D eigenvalue weighted by Crippen LogP contribution is -2.35. The van der Waals surface area contributed by atoms with Gasteiger partial charge in [-0.05, 0) is 32.0 Å². The molecule has 1 aliphatic heterocycles. The quantitative estimate of drug-likeness (QED) is 0.895.